The van der Waals surface area contributed by atoms with Gasteiger partial charge in [0, 0.05) is 45.4 Å². The van der Waals surface area contributed by atoms with Gasteiger partial charge >= 0.3 is 0 Å². The van der Waals surface area contributed by atoms with Gasteiger partial charge in [0.25, 0.3) is 5.91 Å². The summed E-state index contributed by atoms with van der Waals surface area (Å²) in [5.74, 6) is 1.18. The summed E-state index contributed by atoms with van der Waals surface area (Å²) in [6, 6.07) is 6.94. The summed E-state index contributed by atoms with van der Waals surface area (Å²) in [7, 11) is 0. The Morgan fingerprint density at radius 1 is 1.23 bits per heavy atom. The van der Waals surface area contributed by atoms with E-state index in [4.69, 9.17) is 4.74 Å². The topological polar surface area (TPSA) is 98.2 Å². The van der Waals surface area contributed by atoms with Gasteiger partial charge in [-0.25, -0.2) is 0 Å². The number of aliphatic imine (C=N–C) groups is 1. The van der Waals surface area contributed by atoms with E-state index in [1.165, 1.54) is 12.5 Å². The number of rotatable bonds is 8. The number of hydrogen-bond acceptors (Lipinski definition) is 5. The summed E-state index contributed by atoms with van der Waals surface area (Å²) in [6.07, 6.45) is 3.39. The van der Waals surface area contributed by atoms with Crippen molar-refractivity contribution in [2.75, 3.05) is 52.5 Å². The second kappa shape index (κ2) is 13.7. The summed E-state index contributed by atoms with van der Waals surface area (Å²) >= 11 is 0. The lowest BCUT2D eigenvalue weighted by Gasteiger charge is -2.34. The van der Waals surface area contributed by atoms with E-state index in [0.29, 0.717) is 25.0 Å². The Hall–Kier alpha value is -1.59. The van der Waals surface area contributed by atoms with Crippen molar-refractivity contribution in [1.82, 2.24) is 20.9 Å². The number of nitrogens with zero attached hydrogens (tertiary/aromatic N) is 2. The van der Waals surface area contributed by atoms with Gasteiger partial charge in [-0.1, -0.05) is 12.1 Å². The molecular formula is C22H36IN5O3. The fraction of sp³-hybridized carbons (Fsp3) is 0.636. The number of piperidine rings is 1. The number of hydrogen-bond donors (Lipinski definition) is 4. The highest BCUT2D eigenvalue weighted by molar-refractivity contribution is 14.0. The number of phenols is 1. The van der Waals surface area contributed by atoms with Gasteiger partial charge in [-0.05, 0) is 44.2 Å². The standard InChI is InChI=1S/C22H35N5O3.HI/c1-2-23-22(25-11-10-24-21(29)19-5-3-4-6-20(19)28)26-18-7-12-27(13-8-18)15-17-9-14-30-16-17;/h3-6,17-18,28H,2,7-16H2,1H3,(H,24,29)(H2,23,25,26);1H. The molecule has 174 valence electrons. The largest absolute Gasteiger partial charge is 0.507 e. The lowest BCUT2D eigenvalue weighted by atomic mass is 10.0. The number of nitrogens with one attached hydrogen (secondary N) is 3. The molecule has 1 unspecified atom stereocenters. The molecule has 1 aromatic rings. The van der Waals surface area contributed by atoms with Crippen LogP contribution in [0, 0.1) is 5.92 Å². The molecular weight excluding hydrogens is 509 g/mol. The van der Waals surface area contributed by atoms with E-state index in [1.807, 2.05) is 6.92 Å². The average Bonchev–Trinajstić information content (AvgIpc) is 3.26. The van der Waals surface area contributed by atoms with Crippen molar-refractivity contribution in [3.05, 3.63) is 29.8 Å². The van der Waals surface area contributed by atoms with Crippen LogP contribution in [0.25, 0.3) is 0 Å². The van der Waals surface area contributed by atoms with Gasteiger partial charge in [0.2, 0.25) is 0 Å². The molecule has 3 rings (SSSR count). The van der Waals surface area contributed by atoms with Gasteiger partial charge in [0.05, 0.1) is 18.7 Å². The van der Waals surface area contributed by atoms with Crippen LogP contribution in [0.1, 0.15) is 36.5 Å². The van der Waals surface area contributed by atoms with Crippen LogP contribution in [0.15, 0.2) is 29.3 Å². The Balaban J connectivity index is 0.00000341. The van der Waals surface area contributed by atoms with E-state index in [9.17, 15) is 9.90 Å². The molecule has 8 nitrogen and oxygen atoms in total. The van der Waals surface area contributed by atoms with Gasteiger partial charge in [0.15, 0.2) is 5.96 Å². The zero-order valence-corrected chi connectivity index (χ0v) is 20.6. The van der Waals surface area contributed by atoms with Crippen molar-refractivity contribution in [2.24, 2.45) is 10.9 Å². The molecule has 2 saturated heterocycles. The van der Waals surface area contributed by atoms with Crippen LogP contribution in [0.3, 0.4) is 0 Å². The molecule has 9 heteroatoms. The Bertz CT molecular complexity index is 704. The summed E-state index contributed by atoms with van der Waals surface area (Å²) in [6.45, 7) is 8.89. The third-order valence-corrected chi connectivity index (χ3v) is 5.63. The molecule has 1 atom stereocenters. The van der Waals surface area contributed by atoms with Crippen LogP contribution in [-0.2, 0) is 4.74 Å². The fourth-order valence-corrected chi connectivity index (χ4v) is 3.96. The van der Waals surface area contributed by atoms with Crippen LogP contribution < -0.4 is 16.0 Å². The molecule has 2 aliphatic heterocycles. The maximum absolute atomic E-state index is 12.1. The number of benzene rings is 1. The Kier molecular flexibility index (Phi) is 11.4. The lowest BCUT2D eigenvalue weighted by Crippen LogP contribution is -2.49. The molecule has 0 aliphatic carbocycles. The van der Waals surface area contributed by atoms with E-state index < -0.39 is 0 Å². The highest BCUT2D eigenvalue weighted by atomic mass is 127. The molecule has 0 aromatic heterocycles. The van der Waals surface area contributed by atoms with Crippen molar-refractivity contribution >= 4 is 35.8 Å². The van der Waals surface area contributed by atoms with Gasteiger partial charge in [0.1, 0.15) is 5.75 Å². The molecule has 2 aliphatic rings. The van der Waals surface area contributed by atoms with Crippen LogP contribution in [0.2, 0.25) is 0 Å². The first-order chi connectivity index (χ1) is 14.7. The minimum Gasteiger partial charge on any atom is -0.507 e. The molecule has 0 spiro atoms. The number of halogens is 1. The normalized spacial score (nSPS) is 20.2. The van der Waals surface area contributed by atoms with E-state index >= 15 is 0 Å². The Morgan fingerprint density at radius 3 is 2.68 bits per heavy atom. The second-order valence-electron chi connectivity index (χ2n) is 7.98. The van der Waals surface area contributed by atoms with Gasteiger partial charge in [-0.3, -0.25) is 9.79 Å². The summed E-state index contributed by atoms with van der Waals surface area (Å²) in [4.78, 5) is 19.3. The van der Waals surface area contributed by atoms with Crippen molar-refractivity contribution in [3.8, 4) is 5.75 Å². The first-order valence-corrected chi connectivity index (χ1v) is 11.1. The van der Waals surface area contributed by atoms with E-state index in [-0.39, 0.29) is 41.2 Å². The second-order valence-corrected chi connectivity index (χ2v) is 7.98. The monoisotopic (exact) mass is 545 g/mol. The number of carbonyl (C=O) groups is 1. The SMILES string of the molecule is CCNC(=NCCNC(=O)c1ccccc1O)NC1CCN(CC2CCOC2)CC1.I. The summed E-state index contributed by atoms with van der Waals surface area (Å²) < 4.78 is 5.49. The zero-order valence-electron chi connectivity index (χ0n) is 18.3. The number of ether oxygens (including phenoxy) is 1. The van der Waals surface area contributed by atoms with Crippen molar-refractivity contribution in [3.63, 3.8) is 0 Å². The minimum atomic E-state index is -0.290. The minimum absolute atomic E-state index is 0. The quantitative estimate of drug-likeness (QED) is 0.172. The van der Waals surface area contributed by atoms with Crippen molar-refractivity contribution in [1.29, 1.82) is 0 Å². The van der Waals surface area contributed by atoms with Crippen LogP contribution >= 0.6 is 24.0 Å². The smallest absolute Gasteiger partial charge is 0.255 e. The number of likely N-dealkylation sites (tertiary alicyclic amines) is 1. The highest BCUT2D eigenvalue weighted by Crippen LogP contribution is 2.18. The molecule has 1 aromatic carbocycles. The number of aromatic hydroxyl groups is 1. The first kappa shape index (κ1) is 25.7. The van der Waals surface area contributed by atoms with E-state index in [1.54, 1.807) is 18.2 Å². The molecule has 4 N–H and O–H groups in total. The number of para-hydroxylation sites is 1. The maximum Gasteiger partial charge on any atom is 0.255 e. The number of amides is 1. The Labute approximate surface area is 202 Å². The molecule has 1 amide bonds. The highest BCUT2D eigenvalue weighted by Gasteiger charge is 2.24. The lowest BCUT2D eigenvalue weighted by molar-refractivity contribution is 0.0952. The third kappa shape index (κ3) is 8.46. The van der Waals surface area contributed by atoms with Gasteiger partial charge in [-0.15, -0.1) is 24.0 Å². The van der Waals surface area contributed by atoms with Gasteiger partial charge in [-0.2, -0.15) is 0 Å². The number of phenolic OH excluding ortho intramolecular Hbond substituents is 1. The fourth-order valence-electron chi connectivity index (χ4n) is 3.96. The zero-order chi connectivity index (χ0) is 21.2. The first-order valence-electron chi connectivity index (χ1n) is 11.1. The Morgan fingerprint density at radius 2 is 2.00 bits per heavy atom. The third-order valence-electron chi connectivity index (χ3n) is 5.63. The molecule has 0 radical (unpaired) electrons. The van der Waals surface area contributed by atoms with Crippen LogP contribution in [0.5, 0.6) is 5.75 Å². The predicted molar refractivity (Wildman–Crippen MR) is 133 cm³/mol. The predicted octanol–water partition coefficient (Wildman–Crippen LogP) is 1.80. The number of carbonyl (C=O) groups excluding carboxylic acids is 1. The van der Waals surface area contributed by atoms with Crippen LogP contribution in [0.4, 0.5) is 0 Å². The van der Waals surface area contributed by atoms with Crippen molar-refractivity contribution < 1.29 is 14.6 Å². The molecule has 31 heavy (non-hydrogen) atoms. The van der Waals surface area contributed by atoms with E-state index in [2.05, 4.69) is 25.8 Å². The molecule has 0 saturated carbocycles. The summed E-state index contributed by atoms with van der Waals surface area (Å²) in [5.41, 5.74) is 0.280. The number of guanidine groups is 1. The molecule has 2 fully saturated rings. The van der Waals surface area contributed by atoms with E-state index in [0.717, 1.165) is 58.2 Å². The molecule has 0 bridgehead atoms. The van der Waals surface area contributed by atoms with Gasteiger partial charge < -0.3 is 30.7 Å². The molecule has 2 heterocycles. The van der Waals surface area contributed by atoms with Crippen molar-refractivity contribution in [2.45, 2.75) is 32.2 Å². The van der Waals surface area contributed by atoms with Crippen LogP contribution in [-0.4, -0.2) is 80.4 Å². The average molecular weight is 545 g/mol. The summed E-state index contributed by atoms with van der Waals surface area (Å²) in [5, 5.41) is 19.4. The maximum atomic E-state index is 12.1.